The summed E-state index contributed by atoms with van der Waals surface area (Å²) < 4.78 is 27.2. The molecule has 1 N–H and O–H groups in total. The number of rotatable bonds is 4. The minimum atomic E-state index is -1.20. The van der Waals surface area contributed by atoms with Crippen molar-refractivity contribution in [2.24, 2.45) is 0 Å². The normalized spacial score (nSPS) is 10.2. The number of halogens is 2. The first kappa shape index (κ1) is 14.9. The summed E-state index contributed by atoms with van der Waals surface area (Å²) in [7, 11) is 1.48. The summed E-state index contributed by atoms with van der Waals surface area (Å²) in [5.41, 5.74) is -0.420. The zero-order valence-corrected chi connectivity index (χ0v) is 11.0. The van der Waals surface area contributed by atoms with Crippen LogP contribution in [0.1, 0.15) is 19.4 Å². The molecule has 0 aliphatic carbocycles. The molecule has 0 bridgehead atoms. The van der Waals surface area contributed by atoms with Crippen molar-refractivity contribution in [3.63, 3.8) is 0 Å². The molecule has 0 spiro atoms. The average molecular weight is 267 g/mol. The molecule has 19 heavy (non-hydrogen) atoms. The van der Waals surface area contributed by atoms with E-state index in [2.05, 4.69) is 5.32 Å². The van der Waals surface area contributed by atoms with Gasteiger partial charge in [0.15, 0.2) is 11.6 Å². The lowest BCUT2D eigenvalue weighted by atomic mass is 10.2. The van der Waals surface area contributed by atoms with Gasteiger partial charge >= 0.3 is 0 Å². The maximum atomic E-state index is 13.7. The summed E-state index contributed by atoms with van der Waals surface area (Å²) >= 11 is 0. The molecule has 1 rings (SSSR count). The minimum absolute atomic E-state index is 0.0246. The van der Waals surface area contributed by atoms with Crippen molar-refractivity contribution in [2.45, 2.75) is 19.9 Å². The van der Waals surface area contributed by atoms with Crippen LogP contribution in [0.5, 0.6) is 0 Å². The molecule has 0 unspecified atom stereocenters. The molecule has 0 fully saturated rings. The second-order valence-electron chi connectivity index (χ2n) is 4.45. The fourth-order valence-electron chi connectivity index (χ4n) is 1.59. The summed E-state index contributed by atoms with van der Waals surface area (Å²) in [5, 5.41) is 11.2. The molecule has 0 saturated carbocycles. The number of nitrogens with one attached hydrogen (secondary N) is 1. The van der Waals surface area contributed by atoms with Crippen molar-refractivity contribution < 1.29 is 13.6 Å². The molecule has 0 aliphatic heterocycles. The third-order valence-electron chi connectivity index (χ3n) is 2.42. The van der Waals surface area contributed by atoms with E-state index >= 15 is 0 Å². The number of hydrogen-bond acceptors (Lipinski definition) is 3. The SMILES string of the molecule is CC(C)NC(=O)CN(C)c1ccc(C#N)c(F)c1F. The Morgan fingerprint density at radius 3 is 2.58 bits per heavy atom. The highest BCUT2D eigenvalue weighted by Crippen LogP contribution is 2.22. The number of hydrogen-bond donors (Lipinski definition) is 1. The molecule has 0 aromatic heterocycles. The number of carbonyl (C=O) groups is 1. The van der Waals surface area contributed by atoms with Crippen molar-refractivity contribution in [1.29, 1.82) is 5.26 Å². The molecule has 0 aliphatic rings. The lowest BCUT2D eigenvalue weighted by molar-refractivity contribution is -0.120. The predicted octanol–water partition coefficient (Wildman–Crippen LogP) is 1.80. The number of carbonyl (C=O) groups excluding carboxylic acids is 1. The average Bonchev–Trinajstić information content (AvgIpc) is 2.31. The van der Waals surface area contributed by atoms with E-state index in [9.17, 15) is 13.6 Å². The molecule has 1 aromatic rings. The lowest BCUT2D eigenvalue weighted by Gasteiger charge is -2.20. The van der Waals surface area contributed by atoms with E-state index in [0.29, 0.717) is 0 Å². The van der Waals surface area contributed by atoms with Crippen LogP contribution in [-0.2, 0) is 4.79 Å². The second-order valence-corrected chi connectivity index (χ2v) is 4.45. The number of nitrogens with zero attached hydrogens (tertiary/aromatic N) is 2. The van der Waals surface area contributed by atoms with Gasteiger partial charge in [0.1, 0.15) is 6.07 Å². The summed E-state index contributed by atoms with van der Waals surface area (Å²) in [5.74, 6) is -2.61. The van der Waals surface area contributed by atoms with Crippen LogP contribution in [0.2, 0.25) is 0 Å². The van der Waals surface area contributed by atoms with Gasteiger partial charge in [-0.2, -0.15) is 5.26 Å². The van der Waals surface area contributed by atoms with E-state index in [0.717, 1.165) is 0 Å². The van der Waals surface area contributed by atoms with E-state index < -0.39 is 11.6 Å². The van der Waals surface area contributed by atoms with Crippen LogP contribution in [0.4, 0.5) is 14.5 Å². The molecule has 102 valence electrons. The monoisotopic (exact) mass is 267 g/mol. The quantitative estimate of drug-likeness (QED) is 0.905. The van der Waals surface area contributed by atoms with Gasteiger partial charge in [-0.15, -0.1) is 0 Å². The Bertz CT molecular complexity index is 523. The fraction of sp³-hybridized carbons (Fsp3) is 0.385. The maximum absolute atomic E-state index is 13.7. The zero-order valence-electron chi connectivity index (χ0n) is 11.0. The van der Waals surface area contributed by atoms with Gasteiger partial charge in [-0.25, -0.2) is 8.78 Å². The number of anilines is 1. The van der Waals surface area contributed by atoms with E-state index in [1.807, 2.05) is 0 Å². The molecular weight excluding hydrogens is 252 g/mol. The standard InChI is InChI=1S/C13H15F2N3O/c1-8(2)17-11(19)7-18(3)10-5-4-9(6-16)12(14)13(10)15/h4-5,8H,7H2,1-3H3,(H,17,19). The number of benzene rings is 1. The molecule has 0 radical (unpaired) electrons. The van der Waals surface area contributed by atoms with Crippen molar-refractivity contribution in [3.05, 3.63) is 29.3 Å². The molecule has 0 atom stereocenters. The van der Waals surface area contributed by atoms with Crippen molar-refractivity contribution in [2.75, 3.05) is 18.5 Å². The second kappa shape index (κ2) is 6.14. The molecule has 6 heteroatoms. The first-order valence-electron chi connectivity index (χ1n) is 5.75. The Kier molecular flexibility index (Phi) is 4.81. The molecule has 0 saturated heterocycles. The summed E-state index contributed by atoms with van der Waals surface area (Å²) in [6.07, 6.45) is 0. The van der Waals surface area contributed by atoms with Crippen LogP contribution in [0.25, 0.3) is 0 Å². The Balaban J connectivity index is 2.90. The van der Waals surface area contributed by atoms with Crippen LogP contribution in [0.15, 0.2) is 12.1 Å². The third-order valence-corrected chi connectivity index (χ3v) is 2.42. The van der Waals surface area contributed by atoms with Gasteiger partial charge < -0.3 is 10.2 Å². The molecule has 1 amide bonds. The topological polar surface area (TPSA) is 56.1 Å². The Hall–Kier alpha value is -2.16. The van der Waals surface area contributed by atoms with E-state index in [4.69, 9.17) is 5.26 Å². The summed E-state index contributed by atoms with van der Waals surface area (Å²) in [6.45, 7) is 3.51. The highest BCUT2D eigenvalue weighted by molar-refractivity contribution is 5.81. The van der Waals surface area contributed by atoms with Crippen LogP contribution >= 0.6 is 0 Å². The first-order valence-corrected chi connectivity index (χ1v) is 5.75. The van der Waals surface area contributed by atoms with Gasteiger partial charge in [-0.3, -0.25) is 4.79 Å². The van der Waals surface area contributed by atoms with Crippen LogP contribution in [0, 0.1) is 23.0 Å². The van der Waals surface area contributed by atoms with Crippen LogP contribution in [0.3, 0.4) is 0 Å². The van der Waals surface area contributed by atoms with Gasteiger partial charge in [-0.1, -0.05) is 0 Å². The van der Waals surface area contributed by atoms with Gasteiger partial charge in [-0.05, 0) is 26.0 Å². The minimum Gasteiger partial charge on any atom is -0.363 e. The van der Waals surface area contributed by atoms with Crippen molar-refractivity contribution in [3.8, 4) is 6.07 Å². The molecule has 1 aromatic carbocycles. The molecule has 0 heterocycles. The number of amides is 1. The summed E-state index contributed by atoms with van der Waals surface area (Å²) in [4.78, 5) is 12.8. The van der Waals surface area contributed by atoms with Crippen molar-refractivity contribution >= 4 is 11.6 Å². The highest BCUT2D eigenvalue weighted by Gasteiger charge is 2.17. The number of nitriles is 1. The van der Waals surface area contributed by atoms with Crippen LogP contribution in [-0.4, -0.2) is 25.5 Å². The largest absolute Gasteiger partial charge is 0.363 e. The van der Waals surface area contributed by atoms with Gasteiger partial charge in [0.2, 0.25) is 5.91 Å². The lowest BCUT2D eigenvalue weighted by Crippen LogP contribution is -2.38. The zero-order chi connectivity index (χ0) is 14.6. The van der Waals surface area contributed by atoms with E-state index in [1.165, 1.54) is 24.1 Å². The maximum Gasteiger partial charge on any atom is 0.239 e. The predicted molar refractivity (Wildman–Crippen MR) is 67.6 cm³/mol. The van der Waals surface area contributed by atoms with Crippen molar-refractivity contribution in [1.82, 2.24) is 5.32 Å². The number of likely N-dealkylation sites (N-methyl/N-ethyl adjacent to an activating group) is 1. The smallest absolute Gasteiger partial charge is 0.239 e. The highest BCUT2D eigenvalue weighted by atomic mass is 19.2. The van der Waals surface area contributed by atoms with Gasteiger partial charge in [0, 0.05) is 13.1 Å². The van der Waals surface area contributed by atoms with Crippen LogP contribution < -0.4 is 10.2 Å². The Morgan fingerprint density at radius 2 is 2.05 bits per heavy atom. The van der Waals surface area contributed by atoms with Gasteiger partial charge in [0.05, 0.1) is 17.8 Å². The Morgan fingerprint density at radius 1 is 1.42 bits per heavy atom. The molecular formula is C13H15F2N3O. The third kappa shape index (κ3) is 3.65. The van der Waals surface area contributed by atoms with Gasteiger partial charge in [0.25, 0.3) is 0 Å². The summed E-state index contributed by atoms with van der Waals surface area (Å²) in [6, 6.07) is 3.99. The Labute approximate surface area is 110 Å². The first-order chi connectivity index (χ1) is 8.86. The molecule has 4 nitrogen and oxygen atoms in total. The van der Waals surface area contributed by atoms with E-state index in [1.54, 1.807) is 19.9 Å². The van der Waals surface area contributed by atoms with E-state index in [-0.39, 0.29) is 29.7 Å². The fourth-order valence-corrected chi connectivity index (χ4v) is 1.59.